The molecule has 0 aliphatic rings. The van der Waals surface area contributed by atoms with Crippen molar-refractivity contribution in [3.8, 4) is 5.75 Å². The van der Waals surface area contributed by atoms with Crippen LogP contribution in [-0.2, 0) is 0 Å². The van der Waals surface area contributed by atoms with Gasteiger partial charge < -0.3 is 9.52 Å². The Bertz CT molecular complexity index is 1310. The van der Waals surface area contributed by atoms with Crippen molar-refractivity contribution in [1.29, 1.82) is 0 Å². The maximum atomic E-state index is 9.78. The number of hydrogen-bond acceptors (Lipinski definition) is 2. The van der Waals surface area contributed by atoms with Crippen molar-refractivity contribution >= 4 is 32.5 Å². The summed E-state index contributed by atoms with van der Waals surface area (Å²) in [6, 6.07) is 26.8. The van der Waals surface area contributed by atoms with Crippen LogP contribution in [0.2, 0.25) is 0 Å². The molecule has 0 bridgehead atoms. The first-order valence-corrected chi connectivity index (χ1v) is 10.6. The minimum Gasteiger partial charge on any atom is -0.508 e. The maximum Gasteiger partial charge on any atom is 0.134 e. The maximum absolute atomic E-state index is 9.78. The molecule has 0 radical (unpaired) electrons. The van der Waals surface area contributed by atoms with Crippen LogP contribution in [0.1, 0.15) is 50.9 Å². The van der Waals surface area contributed by atoms with Crippen molar-refractivity contribution in [3.05, 3.63) is 90.2 Å². The van der Waals surface area contributed by atoms with Gasteiger partial charge in [-0.3, -0.25) is 0 Å². The quantitative estimate of drug-likeness (QED) is 0.325. The molecule has 5 rings (SSSR count). The lowest BCUT2D eigenvalue weighted by molar-refractivity contribution is 0.466. The lowest BCUT2D eigenvalue weighted by Crippen LogP contribution is -1.88. The van der Waals surface area contributed by atoms with E-state index in [1.807, 2.05) is 24.3 Å². The molecule has 4 aromatic carbocycles. The van der Waals surface area contributed by atoms with Gasteiger partial charge in [-0.2, -0.15) is 0 Å². The van der Waals surface area contributed by atoms with Gasteiger partial charge in [0, 0.05) is 11.3 Å². The highest BCUT2D eigenvalue weighted by Gasteiger charge is 2.09. The molecule has 2 heteroatoms. The number of furan rings is 1. The number of phenolic OH excluding ortho intramolecular Hbond substituents is 1. The van der Waals surface area contributed by atoms with Crippen LogP contribution < -0.4 is 0 Å². The summed E-state index contributed by atoms with van der Waals surface area (Å²) >= 11 is 0. The van der Waals surface area contributed by atoms with Gasteiger partial charge in [0.15, 0.2) is 0 Å². The molecule has 0 unspecified atom stereocenters. The van der Waals surface area contributed by atoms with Gasteiger partial charge in [-0.05, 0) is 57.3 Å². The van der Waals surface area contributed by atoms with Crippen molar-refractivity contribution in [3.63, 3.8) is 0 Å². The first kappa shape index (κ1) is 20.0. The highest BCUT2D eigenvalue weighted by molar-refractivity contribution is 6.05. The predicted molar refractivity (Wildman–Crippen MR) is 128 cm³/mol. The standard InChI is InChI=1S/C15H14O.C13H14O/c1-10(2)15-9-13-12-6-4-3-5-11(12)7-8-14(13)16-15;1-9(2)12-7-10-5-3-4-6-11(10)8-13(12)14/h3-10H,1-2H3;3-9,14H,1-2H3. The van der Waals surface area contributed by atoms with Gasteiger partial charge in [-0.15, -0.1) is 0 Å². The van der Waals surface area contributed by atoms with E-state index in [-0.39, 0.29) is 0 Å². The summed E-state index contributed by atoms with van der Waals surface area (Å²) in [6.07, 6.45) is 0. The number of aromatic hydroxyl groups is 1. The third-order valence-electron chi connectivity index (χ3n) is 5.53. The molecule has 1 heterocycles. The molecule has 5 aromatic rings. The summed E-state index contributed by atoms with van der Waals surface area (Å²) in [7, 11) is 0. The van der Waals surface area contributed by atoms with E-state index >= 15 is 0 Å². The van der Waals surface area contributed by atoms with Crippen LogP contribution in [0.4, 0.5) is 0 Å². The second-order valence-corrected chi connectivity index (χ2v) is 8.41. The smallest absolute Gasteiger partial charge is 0.134 e. The van der Waals surface area contributed by atoms with E-state index in [1.165, 1.54) is 21.5 Å². The van der Waals surface area contributed by atoms with Crippen LogP contribution in [0.25, 0.3) is 32.5 Å². The number of fused-ring (bicyclic) bond motifs is 4. The summed E-state index contributed by atoms with van der Waals surface area (Å²) < 4.78 is 5.84. The molecule has 0 fully saturated rings. The van der Waals surface area contributed by atoms with Gasteiger partial charge in [0.25, 0.3) is 0 Å². The molecule has 0 saturated heterocycles. The highest BCUT2D eigenvalue weighted by atomic mass is 16.3. The van der Waals surface area contributed by atoms with Gasteiger partial charge in [0.1, 0.15) is 17.1 Å². The monoisotopic (exact) mass is 396 g/mol. The number of benzene rings is 4. The molecule has 0 saturated carbocycles. The average molecular weight is 397 g/mol. The second-order valence-electron chi connectivity index (χ2n) is 8.41. The Labute approximate surface area is 177 Å². The number of rotatable bonds is 2. The van der Waals surface area contributed by atoms with Crippen LogP contribution in [0.3, 0.4) is 0 Å². The third-order valence-corrected chi connectivity index (χ3v) is 5.53. The van der Waals surface area contributed by atoms with Crippen molar-refractivity contribution in [2.24, 2.45) is 0 Å². The Morgan fingerprint density at radius 1 is 0.633 bits per heavy atom. The summed E-state index contributed by atoms with van der Waals surface area (Å²) in [4.78, 5) is 0. The largest absolute Gasteiger partial charge is 0.508 e. The van der Waals surface area contributed by atoms with Crippen molar-refractivity contribution in [1.82, 2.24) is 0 Å². The second kappa shape index (κ2) is 8.23. The van der Waals surface area contributed by atoms with Gasteiger partial charge >= 0.3 is 0 Å². The van der Waals surface area contributed by atoms with E-state index < -0.39 is 0 Å². The Morgan fingerprint density at radius 3 is 1.93 bits per heavy atom. The Balaban J connectivity index is 0.000000147. The fourth-order valence-corrected chi connectivity index (χ4v) is 3.81. The predicted octanol–water partition coefficient (Wildman–Crippen LogP) is 8.38. The highest BCUT2D eigenvalue weighted by Crippen LogP contribution is 2.31. The summed E-state index contributed by atoms with van der Waals surface area (Å²) in [6.45, 7) is 8.48. The molecule has 2 nitrogen and oxygen atoms in total. The van der Waals surface area contributed by atoms with Crippen molar-refractivity contribution < 1.29 is 9.52 Å². The molecule has 152 valence electrons. The van der Waals surface area contributed by atoms with Crippen molar-refractivity contribution in [2.45, 2.75) is 39.5 Å². The molecule has 0 amide bonds. The summed E-state index contributed by atoms with van der Waals surface area (Å²) in [5.41, 5.74) is 2.01. The van der Waals surface area contributed by atoms with E-state index in [0.717, 1.165) is 22.3 Å². The lowest BCUT2D eigenvalue weighted by Gasteiger charge is -2.09. The van der Waals surface area contributed by atoms with Gasteiger partial charge in [-0.25, -0.2) is 0 Å². The van der Waals surface area contributed by atoms with Crippen molar-refractivity contribution in [2.75, 3.05) is 0 Å². The molecule has 0 aliphatic carbocycles. The summed E-state index contributed by atoms with van der Waals surface area (Å²) in [5.74, 6) is 2.26. The van der Waals surface area contributed by atoms with Crippen LogP contribution in [0.5, 0.6) is 5.75 Å². The third kappa shape index (κ3) is 3.91. The lowest BCUT2D eigenvalue weighted by atomic mass is 9.98. The zero-order valence-corrected chi connectivity index (χ0v) is 18.0. The van der Waals surface area contributed by atoms with Crippen LogP contribution >= 0.6 is 0 Å². The molecule has 1 N–H and O–H groups in total. The SMILES string of the molecule is CC(C)c1cc2c(ccc3ccccc32)o1.CC(C)c1cc2ccccc2cc1O. The van der Waals surface area contributed by atoms with E-state index in [9.17, 15) is 5.11 Å². The summed E-state index contributed by atoms with van der Waals surface area (Å²) in [5, 5.41) is 15.8. The first-order valence-electron chi connectivity index (χ1n) is 10.6. The molecular weight excluding hydrogens is 368 g/mol. The molecular formula is C28H28O2. The van der Waals surface area contributed by atoms with Crippen LogP contribution in [0, 0.1) is 0 Å². The van der Waals surface area contributed by atoms with E-state index in [2.05, 4.69) is 82.3 Å². The molecule has 0 atom stereocenters. The molecule has 0 spiro atoms. The van der Waals surface area contributed by atoms with Crippen LogP contribution in [0.15, 0.2) is 83.3 Å². The fourth-order valence-electron chi connectivity index (χ4n) is 3.81. The first-order chi connectivity index (χ1) is 14.4. The van der Waals surface area contributed by atoms with Crippen LogP contribution in [-0.4, -0.2) is 5.11 Å². The molecule has 1 aromatic heterocycles. The number of phenols is 1. The topological polar surface area (TPSA) is 33.4 Å². The Morgan fingerprint density at radius 2 is 1.27 bits per heavy atom. The minimum atomic E-state index is 0.361. The van der Waals surface area contributed by atoms with Gasteiger partial charge in [-0.1, -0.05) is 82.3 Å². The fraction of sp³-hybridized carbons (Fsp3) is 0.214. The molecule has 30 heavy (non-hydrogen) atoms. The van der Waals surface area contributed by atoms with E-state index in [4.69, 9.17) is 4.42 Å². The normalized spacial score (nSPS) is 11.4. The Hall–Kier alpha value is -3.26. The zero-order valence-electron chi connectivity index (χ0n) is 18.0. The Kier molecular flexibility index (Phi) is 5.50. The molecule has 0 aliphatic heterocycles. The van der Waals surface area contributed by atoms with E-state index in [1.54, 1.807) is 0 Å². The van der Waals surface area contributed by atoms with Gasteiger partial charge in [0.05, 0.1) is 0 Å². The number of hydrogen-bond donors (Lipinski definition) is 1. The zero-order chi connectivity index (χ0) is 21.3. The average Bonchev–Trinajstić information content (AvgIpc) is 3.19. The van der Waals surface area contributed by atoms with E-state index in [0.29, 0.717) is 17.6 Å². The van der Waals surface area contributed by atoms with Gasteiger partial charge in [0.2, 0.25) is 0 Å². The minimum absolute atomic E-state index is 0.361.